The number of fused-ring (bicyclic) bond motifs is 1. The van der Waals surface area contributed by atoms with E-state index in [0.29, 0.717) is 6.42 Å². The smallest absolute Gasteiger partial charge is 0.0492 e. The highest BCUT2D eigenvalue weighted by molar-refractivity contribution is 5.92. The molecule has 168 valence electrons. The molecule has 0 amide bonds. The van der Waals surface area contributed by atoms with E-state index in [1.807, 2.05) is 12.3 Å². The number of nitrogens with zero attached hydrogens (tertiary/aromatic N) is 2. The van der Waals surface area contributed by atoms with Crippen molar-refractivity contribution in [2.45, 2.75) is 31.2 Å². The topological polar surface area (TPSA) is 52.2 Å². The monoisotopic (exact) mass is 437 g/mol. The number of aromatic nitrogens is 2. The molecule has 2 N–H and O–H groups in total. The van der Waals surface area contributed by atoms with Gasteiger partial charge in [-0.1, -0.05) is 48.5 Å². The Morgan fingerprint density at radius 1 is 1.03 bits per heavy atom. The maximum Gasteiger partial charge on any atom is 0.0492 e. The molecule has 1 aliphatic carbocycles. The lowest BCUT2D eigenvalue weighted by Gasteiger charge is -2.43. The van der Waals surface area contributed by atoms with Crippen LogP contribution in [-0.4, -0.2) is 40.7 Å². The van der Waals surface area contributed by atoms with Gasteiger partial charge in [-0.2, -0.15) is 0 Å². The fourth-order valence-corrected chi connectivity index (χ4v) is 5.35. The van der Waals surface area contributed by atoms with Gasteiger partial charge in [-0.15, -0.1) is 0 Å². The first-order valence-electron chi connectivity index (χ1n) is 11.7. The zero-order valence-electron chi connectivity index (χ0n) is 19.4. The number of hydrogen-bond donors (Lipinski definition) is 2. The predicted molar refractivity (Wildman–Crippen MR) is 136 cm³/mol. The molecule has 0 saturated heterocycles. The van der Waals surface area contributed by atoms with Gasteiger partial charge in [0.05, 0.1) is 0 Å². The van der Waals surface area contributed by atoms with Gasteiger partial charge < -0.3 is 10.1 Å². The van der Waals surface area contributed by atoms with Crippen LogP contribution in [0.1, 0.15) is 36.1 Å². The number of rotatable bonds is 6. The lowest BCUT2D eigenvalue weighted by Crippen LogP contribution is -2.42. The second-order valence-corrected chi connectivity index (χ2v) is 9.18. The average Bonchev–Trinajstić information content (AvgIpc) is 3.23. The van der Waals surface area contributed by atoms with E-state index >= 15 is 0 Å². The highest BCUT2D eigenvalue weighted by atomic mass is 16.2. The molecule has 1 aliphatic rings. The van der Waals surface area contributed by atoms with Crippen LogP contribution in [0.25, 0.3) is 27.6 Å². The molecule has 0 spiro atoms. The first kappa shape index (κ1) is 21.6. The number of aromatic amines is 1. The van der Waals surface area contributed by atoms with Gasteiger partial charge in [0, 0.05) is 46.7 Å². The van der Waals surface area contributed by atoms with Crippen LogP contribution in [0.4, 0.5) is 0 Å². The largest absolute Gasteiger partial charge is 0.396 e. The van der Waals surface area contributed by atoms with Gasteiger partial charge in [-0.25, -0.2) is 0 Å². The van der Waals surface area contributed by atoms with E-state index < -0.39 is 0 Å². The zero-order valence-corrected chi connectivity index (χ0v) is 19.4. The first-order chi connectivity index (χ1) is 16.1. The minimum absolute atomic E-state index is 0.0153. The van der Waals surface area contributed by atoms with E-state index in [-0.39, 0.29) is 12.1 Å². The summed E-state index contributed by atoms with van der Waals surface area (Å²) in [4.78, 5) is 10.3. The molecule has 4 nitrogen and oxygen atoms in total. The molecule has 0 aliphatic heterocycles. The number of aliphatic hydroxyl groups is 1. The minimum Gasteiger partial charge on any atom is -0.396 e. The Hall–Kier alpha value is -3.21. The second-order valence-electron chi connectivity index (χ2n) is 9.18. The lowest BCUT2D eigenvalue weighted by molar-refractivity contribution is 0.138. The molecule has 1 unspecified atom stereocenters. The summed E-state index contributed by atoms with van der Waals surface area (Å²) in [5.41, 5.74) is 8.51. The summed E-state index contributed by atoms with van der Waals surface area (Å²) < 4.78 is 0. The number of benzene rings is 2. The molecular weight excluding hydrogens is 406 g/mol. The summed E-state index contributed by atoms with van der Waals surface area (Å²) >= 11 is 0. The van der Waals surface area contributed by atoms with Gasteiger partial charge >= 0.3 is 0 Å². The average molecular weight is 438 g/mol. The third-order valence-electron chi connectivity index (χ3n) is 7.25. The van der Waals surface area contributed by atoms with Crippen LogP contribution in [0.2, 0.25) is 0 Å². The highest BCUT2D eigenvalue weighted by Gasteiger charge is 2.36. The molecule has 0 radical (unpaired) electrons. The SMILES string of the molecule is CN(C)C1(c2ccccc2)CC=C(c2[nH]c3ccc(-c4cccnc4)cc3c2CCO)CC1. The highest BCUT2D eigenvalue weighted by Crippen LogP contribution is 2.44. The molecule has 4 heteroatoms. The van der Waals surface area contributed by atoms with Crippen molar-refractivity contribution in [3.05, 3.63) is 96.0 Å². The molecule has 0 saturated carbocycles. The summed E-state index contributed by atoms with van der Waals surface area (Å²) in [6.45, 7) is 0.135. The van der Waals surface area contributed by atoms with Crippen LogP contribution in [-0.2, 0) is 12.0 Å². The van der Waals surface area contributed by atoms with E-state index in [2.05, 4.69) is 89.6 Å². The third-order valence-corrected chi connectivity index (χ3v) is 7.25. The Morgan fingerprint density at radius 2 is 1.88 bits per heavy atom. The molecule has 0 fully saturated rings. The van der Waals surface area contributed by atoms with Crippen LogP contribution >= 0.6 is 0 Å². The van der Waals surface area contributed by atoms with Crippen LogP contribution < -0.4 is 0 Å². The number of aliphatic hydroxyl groups excluding tert-OH is 1. The van der Waals surface area contributed by atoms with Crippen LogP contribution in [0.15, 0.2) is 79.1 Å². The number of pyridine rings is 1. The van der Waals surface area contributed by atoms with E-state index in [9.17, 15) is 5.11 Å². The van der Waals surface area contributed by atoms with E-state index in [1.54, 1.807) is 6.20 Å². The Bertz CT molecular complexity index is 1270. The molecule has 4 aromatic rings. The van der Waals surface area contributed by atoms with Crippen molar-refractivity contribution in [1.82, 2.24) is 14.9 Å². The quantitative estimate of drug-likeness (QED) is 0.401. The fraction of sp³-hybridized carbons (Fsp3) is 0.276. The first-order valence-corrected chi connectivity index (χ1v) is 11.7. The summed E-state index contributed by atoms with van der Waals surface area (Å²) in [6.07, 6.45) is 9.76. The van der Waals surface area contributed by atoms with Crippen molar-refractivity contribution in [3.8, 4) is 11.1 Å². The maximum absolute atomic E-state index is 9.86. The summed E-state index contributed by atoms with van der Waals surface area (Å²) in [6, 6.07) is 21.4. The number of allylic oxidation sites excluding steroid dienone is 1. The molecule has 2 heterocycles. The van der Waals surface area contributed by atoms with Gasteiger partial charge in [0.25, 0.3) is 0 Å². The minimum atomic E-state index is 0.0153. The molecular formula is C29H31N3O. The van der Waals surface area contributed by atoms with Crippen molar-refractivity contribution in [2.75, 3.05) is 20.7 Å². The van der Waals surface area contributed by atoms with Crippen molar-refractivity contribution >= 4 is 16.5 Å². The van der Waals surface area contributed by atoms with Crippen LogP contribution in [0.5, 0.6) is 0 Å². The Kier molecular flexibility index (Phi) is 5.88. The molecule has 2 aromatic heterocycles. The number of nitrogens with one attached hydrogen (secondary N) is 1. The molecule has 33 heavy (non-hydrogen) atoms. The van der Waals surface area contributed by atoms with Gasteiger partial charge in [-0.3, -0.25) is 9.88 Å². The molecule has 1 atom stereocenters. The molecule has 5 rings (SSSR count). The Balaban J connectivity index is 1.55. The Labute approximate surface area is 195 Å². The summed E-state index contributed by atoms with van der Waals surface area (Å²) in [5.74, 6) is 0. The van der Waals surface area contributed by atoms with E-state index in [0.717, 1.165) is 35.9 Å². The van der Waals surface area contributed by atoms with Gasteiger partial charge in [-0.05, 0) is 80.2 Å². The summed E-state index contributed by atoms with van der Waals surface area (Å²) in [7, 11) is 4.37. The van der Waals surface area contributed by atoms with Crippen molar-refractivity contribution in [1.29, 1.82) is 0 Å². The third kappa shape index (κ3) is 3.90. The second kappa shape index (κ2) is 8.97. The molecule has 2 aromatic carbocycles. The molecule has 0 bridgehead atoms. The van der Waals surface area contributed by atoms with Crippen LogP contribution in [0, 0.1) is 0 Å². The van der Waals surface area contributed by atoms with E-state index in [4.69, 9.17) is 0 Å². The van der Waals surface area contributed by atoms with Crippen molar-refractivity contribution in [2.24, 2.45) is 0 Å². The number of H-pyrrole nitrogens is 1. The maximum atomic E-state index is 9.86. The normalized spacial score (nSPS) is 18.6. The van der Waals surface area contributed by atoms with Crippen molar-refractivity contribution < 1.29 is 5.11 Å². The predicted octanol–water partition coefficient (Wildman–Crippen LogP) is 5.79. The zero-order chi connectivity index (χ0) is 22.8. The van der Waals surface area contributed by atoms with Crippen molar-refractivity contribution in [3.63, 3.8) is 0 Å². The van der Waals surface area contributed by atoms with E-state index in [1.165, 1.54) is 27.8 Å². The lowest BCUT2D eigenvalue weighted by atomic mass is 9.75. The van der Waals surface area contributed by atoms with Crippen LogP contribution in [0.3, 0.4) is 0 Å². The van der Waals surface area contributed by atoms with Gasteiger partial charge in [0.1, 0.15) is 0 Å². The fourth-order valence-electron chi connectivity index (χ4n) is 5.35. The van der Waals surface area contributed by atoms with Gasteiger partial charge in [0.15, 0.2) is 0 Å². The standard InChI is InChI=1S/C29H31N3O/c1-32(2)29(24-8-4-3-5-9-24)15-12-21(13-16-29)28-25(14-18-33)26-19-22(10-11-27(26)31-28)23-7-6-17-30-20-23/h3-12,17,19-20,31,33H,13-16,18H2,1-2H3. The number of hydrogen-bond acceptors (Lipinski definition) is 3. The Morgan fingerprint density at radius 3 is 2.55 bits per heavy atom. The van der Waals surface area contributed by atoms with Gasteiger partial charge in [0.2, 0.25) is 0 Å². The summed E-state index contributed by atoms with van der Waals surface area (Å²) in [5, 5.41) is 11.0.